The SMILES string of the molecule is COc1ccc(Nc2cc3c(cn2)cc(-c2ccc(C(=O)N(C)C)cc2)n3Cc2ccccc2)c(OC)c1. The number of hydrogen-bond donors (Lipinski definition) is 1. The van der Waals surface area contributed by atoms with Crippen molar-refractivity contribution in [2.75, 3.05) is 33.6 Å². The fraction of sp³-hybridized carbons (Fsp3) is 0.161. The number of aromatic nitrogens is 2. The zero-order chi connectivity index (χ0) is 26.6. The van der Waals surface area contributed by atoms with E-state index in [1.54, 1.807) is 33.2 Å². The van der Waals surface area contributed by atoms with Gasteiger partial charge in [0.15, 0.2) is 0 Å². The van der Waals surface area contributed by atoms with Gasteiger partial charge in [0.1, 0.15) is 17.3 Å². The molecule has 5 aromatic rings. The second-order valence-electron chi connectivity index (χ2n) is 9.20. The molecule has 192 valence electrons. The lowest BCUT2D eigenvalue weighted by atomic mass is 10.1. The number of rotatable bonds is 8. The number of carbonyl (C=O) groups excluding carboxylic acids is 1. The van der Waals surface area contributed by atoms with E-state index >= 15 is 0 Å². The highest BCUT2D eigenvalue weighted by atomic mass is 16.5. The second-order valence-corrected chi connectivity index (χ2v) is 9.20. The van der Waals surface area contributed by atoms with Gasteiger partial charge in [-0.25, -0.2) is 4.98 Å². The topological polar surface area (TPSA) is 68.6 Å². The molecule has 7 heteroatoms. The Kier molecular flexibility index (Phi) is 7.00. The highest BCUT2D eigenvalue weighted by Crippen LogP contribution is 2.34. The van der Waals surface area contributed by atoms with Crippen molar-refractivity contribution in [3.8, 4) is 22.8 Å². The normalized spacial score (nSPS) is 10.8. The zero-order valence-electron chi connectivity index (χ0n) is 21.9. The molecule has 0 bridgehead atoms. The molecule has 0 radical (unpaired) electrons. The molecular weight excluding hydrogens is 476 g/mol. The van der Waals surface area contributed by atoms with Gasteiger partial charge in [-0.3, -0.25) is 4.79 Å². The maximum Gasteiger partial charge on any atom is 0.253 e. The number of methoxy groups -OCH3 is 2. The molecule has 1 N–H and O–H groups in total. The summed E-state index contributed by atoms with van der Waals surface area (Å²) >= 11 is 0. The Bertz CT molecular complexity index is 1570. The molecule has 2 aromatic heterocycles. The lowest BCUT2D eigenvalue weighted by molar-refractivity contribution is 0.0827. The average molecular weight is 507 g/mol. The molecule has 0 aliphatic rings. The van der Waals surface area contributed by atoms with Gasteiger partial charge in [-0.1, -0.05) is 42.5 Å². The first-order valence-corrected chi connectivity index (χ1v) is 12.3. The number of nitrogens with zero attached hydrogens (tertiary/aromatic N) is 3. The van der Waals surface area contributed by atoms with E-state index in [1.165, 1.54) is 5.56 Å². The minimum absolute atomic E-state index is 0.0183. The Morgan fingerprint density at radius 3 is 2.37 bits per heavy atom. The van der Waals surface area contributed by atoms with Crippen molar-refractivity contribution in [2.24, 2.45) is 0 Å². The van der Waals surface area contributed by atoms with Crippen LogP contribution in [0.2, 0.25) is 0 Å². The predicted octanol–water partition coefficient (Wildman–Crippen LogP) is 6.21. The third kappa shape index (κ3) is 5.04. The molecule has 0 fully saturated rings. The summed E-state index contributed by atoms with van der Waals surface area (Å²) < 4.78 is 13.2. The van der Waals surface area contributed by atoms with Gasteiger partial charge in [0.2, 0.25) is 0 Å². The van der Waals surface area contributed by atoms with Crippen molar-refractivity contribution in [3.05, 3.63) is 102 Å². The number of anilines is 2. The fourth-order valence-electron chi connectivity index (χ4n) is 4.48. The van der Waals surface area contributed by atoms with Crippen molar-refractivity contribution >= 4 is 28.3 Å². The molecule has 0 atom stereocenters. The van der Waals surface area contributed by atoms with E-state index < -0.39 is 0 Å². The van der Waals surface area contributed by atoms with E-state index in [2.05, 4.69) is 39.1 Å². The molecule has 0 aliphatic carbocycles. The van der Waals surface area contributed by atoms with Crippen molar-refractivity contribution in [3.63, 3.8) is 0 Å². The van der Waals surface area contributed by atoms with E-state index in [-0.39, 0.29) is 5.91 Å². The Balaban J connectivity index is 1.57. The average Bonchev–Trinajstić information content (AvgIpc) is 3.30. The molecule has 38 heavy (non-hydrogen) atoms. The van der Waals surface area contributed by atoms with Crippen LogP contribution in [0.1, 0.15) is 15.9 Å². The maximum absolute atomic E-state index is 12.4. The standard InChI is InChI=1S/C31H30N4O3/c1-34(2)31(36)23-12-10-22(11-13-23)27-16-24-19-32-30(33-26-15-14-25(37-3)17-29(26)38-4)18-28(24)35(27)20-21-8-6-5-7-9-21/h5-19H,20H2,1-4H3,(H,32,33). The molecule has 3 aromatic carbocycles. The molecule has 2 heterocycles. The number of hydrogen-bond acceptors (Lipinski definition) is 5. The van der Waals surface area contributed by atoms with Crippen LogP contribution < -0.4 is 14.8 Å². The van der Waals surface area contributed by atoms with Crippen molar-refractivity contribution in [1.29, 1.82) is 0 Å². The maximum atomic E-state index is 12.4. The van der Waals surface area contributed by atoms with Crippen LogP contribution in [0.4, 0.5) is 11.5 Å². The summed E-state index contributed by atoms with van der Waals surface area (Å²) in [6.07, 6.45) is 1.88. The van der Waals surface area contributed by atoms with Gasteiger partial charge >= 0.3 is 0 Å². The Labute approximate surface area is 222 Å². The van der Waals surface area contributed by atoms with Crippen LogP contribution >= 0.6 is 0 Å². The van der Waals surface area contributed by atoms with Crippen molar-refractivity contribution < 1.29 is 14.3 Å². The summed E-state index contributed by atoms with van der Waals surface area (Å²) in [4.78, 5) is 18.7. The number of ether oxygens (including phenoxy) is 2. The Morgan fingerprint density at radius 2 is 1.68 bits per heavy atom. The van der Waals surface area contributed by atoms with Gasteiger partial charge in [0.05, 0.1) is 25.4 Å². The van der Waals surface area contributed by atoms with Crippen LogP contribution in [0.25, 0.3) is 22.2 Å². The first-order valence-electron chi connectivity index (χ1n) is 12.3. The second kappa shape index (κ2) is 10.7. The number of amides is 1. The van der Waals surface area contributed by atoms with E-state index in [1.807, 2.05) is 66.9 Å². The van der Waals surface area contributed by atoms with Crippen LogP contribution in [-0.2, 0) is 6.54 Å². The quantitative estimate of drug-likeness (QED) is 0.271. The summed E-state index contributed by atoms with van der Waals surface area (Å²) in [6.45, 7) is 0.688. The molecule has 0 unspecified atom stereocenters. The summed E-state index contributed by atoms with van der Waals surface area (Å²) in [6, 6.07) is 27.9. The van der Waals surface area contributed by atoms with Crippen molar-refractivity contribution in [1.82, 2.24) is 14.5 Å². The van der Waals surface area contributed by atoms with Crippen LogP contribution in [0.15, 0.2) is 91.1 Å². The van der Waals surface area contributed by atoms with Crippen LogP contribution in [0.5, 0.6) is 11.5 Å². The fourth-order valence-corrected chi connectivity index (χ4v) is 4.48. The highest BCUT2D eigenvalue weighted by Gasteiger charge is 2.15. The van der Waals surface area contributed by atoms with E-state index in [0.717, 1.165) is 33.6 Å². The first-order chi connectivity index (χ1) is 18.5. The third-order valence-corrected chi connectivity index (χ3v) is 6.47. The van der Waals surface area contributed by atoms with E-state index in [0.29, 0.717) is 23.7 Å². The zero-order valence-corrected chi connectivity index (χ0v) is 21.9. The minimum atomic E-state index is -0.0183. The largest absolute Gasteiger partial charge is 0.497 e. The van der Waals surface area contributed by atoms with Gasteiger partial charge in [-0.05, 0) is 41.5 Å². The number of nitrogens with one attached hydrogen (secondary N) is 1. The van der Waals surface area contributed by atoms with Gasteiger partial charge in [-0.15, -0.1) is 0 Å². The Hall–Kier alpha value is -4.78. The van der Waals surface area contributed by atoms with E-state index in [9.17, 15) is 4.79 Å². The number of pyridine rings is 1. The highest BCUT2D eigenvalue weighted by molar-refractivity contribution is 5.95. The smallest absolute Gasteiger partial charge is 0.253 e. The number of benzene rings is 3. The summed E-state index contributed by atoms with van der Waals surface area (Å²) in [5.41, 5.74) is 5.76. The monoisotopic (exact) mass is 506 g/mol. The molecular formula is C31H30N4O3. The number of fused-ring (bicyclic) bond motifs is 1. The van der Waals surface area contributed by atoms with Crippen LogP contribution in [0, 0.1) is 0 Å². The number of carbonyl (C=O) groups is 1. The predicted molar refractivity (Wildman–Crippen MR) is 152 cm³/mol. The van der Waals surface area contributed by atoms with Gasteiger partial charge < -0.3 is 24.3 Å². The molecule has 0 aliphatic heterocycles. The molecule has 1 amide bonds. The van der Waals surface area contributed by atoms with Crippen LogP contribution in [-0.4, -0.2) is 48.7 Å². The molecule has 0 saturated carbocycles. The third-order valence-electron chi connectivity index (χ3n) is 6.47. The molecule has 7 nitrogen and oxygen atoms in total. The van der Waals surface area contributed by atoms with Gasteiger partial charge in [0.25, 0.3) is 5.91 Å². The van der Waals surface area contributed by atoms with Crippen molar-refractivity contribution in [2.45, 2.75) is 6.54 Å². The first kappa shape index (κ1) is 24.9. The molecule has 5 rings (SSSR count). The summed E-state index contributed by atoms with van der Waals surface area (Å²) in [5.74, 6) is 2.07. The summed E-state index contributed by atoms with van der Waals surface area (Å²) in [5, 5.41) is 4.42. The molecule has 0 spiro atoms. The van der Waals surface area contributed by atoms with Gasteiger partial charge in [0, 0.05) is 55.6 Å². The lowest BCUT2D eigenvalue weighted by Gasteiger charge is -2.14. The van der Waals surface area contributed by atoms with E-state index in [4.69, 9.17) is 9.47 Å². The Morgan fingerprint density at radius 1 is 0.921 bits per heavy atom. The lowest BCUT2D eigenvalue weighted by Crippen LogP contribution is -2.21. The molecule has 0 saturated heterocycles. The van der Waals surface area contributed by atoms with Crippen LogP contribution in [0.3, 0.4) is 0 Å². The summed E-state index contributed by atoms with van der Waals surface area (Å²) in [7, 11) is 6.77. The minimum Gasteiger partial charge on any atom is -0.497 e. The van der Waals surface area contributed by atoms with Gasteiger partial charge in [-0.2, -0.15) is 0 Å².